The Morgan fingerprint density at radius 1 is 1.35 bits per heavy atom. The molecule has 0 radical (unpaired) electrons. The highest BCUT2D eigenvalue weighted by Gasteiger charge is 2.38. The number of hydrogen-bond acceptors (Lipinski definition) is 4. The minimum absolute atomic E-state index is 0.0425. The maximum absolute atomic E-state index is 12.6. The maximum Gasteiger partial charge on any atom is 0.244 e. The molecular formula is C14H23NO4S. The highest BCUT2D eigenvalue weighted by Crippen LogP contribution is 2.38. The molecule has 0 spiro atoms. The van der Waals surface area contributed by atoms with E-state index in [9.17, 15) is 13.5 Å². The third kappa shape index (κ3) is 2.64. The summed E-state index contributed by atoms with van der Waals surface area (Å²) in [5.74, 6) is 0.783. The van der Waals surface area contributed by atoms with Crippen molar-refractivity contribution in [2.45, 2.75) is 64.5 Å². The lowest BCUT2D eigenvalue weighted by molar-refractivity contribution is 0.276. The van der Waals surface area contributed by atoms with Crippen molar-refractivity contribution >= 4 is 10.0 Å². The van der Waals surface area contributed by atoms with Crippen LogP contribution in [0.3, 0.4) is 0 Å². The van der Waals surface area contributed by atoms with Crippen LogP contribution in [0.4, 0.5) is 0 Å². The van der Waals surface area contributed by atoms with Crippen molar-refractivity contribution in [2.24, 2.45) is 5.41 Å². The molecule has 1 heterocycles. The number of nitrogens with one attached hydrogen (secondary N) is 1. The Bertz CT molecular complexity index is 601. The molecule has 2 N–H and O–H groups in total. The summed E-state index contributed by atoms with van der Waals surface area (Å²) in [5.41, 5.74) is 0.310. The van der Waals surface area contributed by atoms with Gasteiger partial charge in [0.05, 0.1) is 6.61 Å². The molecule has 1 saturated carbocycles. The molecular weight excluding hydrogens is 278 g/mol. The monoisotopic (exact) mass is 301 g/mol. The second kappa shape index (κ2) is 5.16. The smallest absolute Gasteiger partial charge is 0.244 e. The molecule has 0 bridgehead atoms. The van der Waals surface area contributed by atoms with Crippen LogP contribution in [-0.2, 0) is 16.6 Å². The molecule has 0 aliphatic heterocycles. The normalized spacial score (nSPS) is 22.4. The summed E-state index contributed by atoms with van der Waals surface area (Å²) in [7, 11) is -3.67. The van der Waals surface area contributed by atoms with Crippen molar-refractivity contribution in [1.82, 2.24) is 4.72 Å². The second-order valence-electron chi connectivity index (χ2n) is 6.23. The molecule has 0 amide bonds. The lowest BCUT2D eigenvalue weighted by Crippen LogP contribution is -2.41. The van der Waals surface area contributed by atoms with Crippen LogP contribution in [0.5, 0.6) is 0 Å². The highest BCUT2D eigenvalue weighted by molar-refractivity contribution is 7.89. The Hall–Kier alpha value is -0.850. The summed E-state index contributed by atoms with van der Waals surface area (Å²) in [6.45, 7) is 7.09. The van der Waals surface area contributed by atoms with Crippen LogP contribution in [-0.4, -0.2) is 19.6 Å². The molecule has 5 nitrogen and oxygen atoms in total. The van der Waals surface area contributed by atoms with Crippen molar-refractivity contribution in [3.63, 3.8) is 0 Å². The molecule has 1 fully saturated rings. The average molecular weight is 301 g/mol. The van der Waals surface area contributed by atoms with E-state index in [-0.39, 0.29) is 23.0 Å². The Morgan fingerprint density at radius 2 is 2.00 bits per heavy atom. The van der Waals surface area contributed by atoms with Gasteiger partial charge in [-0.2, -0.15) is 0 Å². The van der Waals surface area contributed by atoms with Gasteiger partial charge in [0.1, 0.15) is 16.4 Å². The van der Waals surface area contributed by atoms with E-state index >= 15 is 0 Å². The maximum atomic E-state index is 12.6. The lowest BCUT2D eigenvalue weighted by atomic mass is 9.88. The predicted molar refractivity (Wildman–Crippen MR) is 75.8 cm³/mol. The summed E-state index contributed by atoms with van der Waals surface area (Å²) in [6.07, 6.45) is 2.88. The molecule has 1 aromatic heterocycles. The van der Waals surface area contributed by atoms with Gasteiger partial charge in [-0.3, -0.25) is 0 Å². The van der Waals surface area contributed by atoms with Gasteiger partial charge in [0.15, 0.2) is 0 Å². The zero-order valence-electron chi connectivity index (χ0n) is 12.5. The standard InChI is InChI=1S/C14H23NO4S/c1-9-11(8-16)13(10(2)19-9)20(17,18)15-12-6-5-7-14(12,3)4/h12,15-16H,5-8H2,1-4H3. The van der Waals surface area contributed by atoms with E-state index in [4.69, 9.17) is 4.42 Å². The van der Waals surface area contributed by atoms with Crippen molar-refractivity contribution in [1.29, 1.82) is 0 Å². The highest BCUT2D eigenvalue weighted by atomic mass is 32.2. The first-order valence-electron chi connectivity index (χ1n) is 6.91. The largest absolute Gasteiger partial charge is 0.465 e. The van der Waals surface area contributed by atoms with Crippen LogP contribution in [0.15, 0.2) is 9.31 Å². The van der Waals surface area contributed by atoms with Gasteiger partial charge in [0.25, 0.3) is 0 Å². The van der Waals surface area contributed by atoms with Gasteiger partial charge in [-0.15, -0.1) is 0 Å². The Morgan fingerprint density at radius 3 is 2.50 bits per heavy atom. The molecule has 0 saturated heterocycles. The number of furan rings is 1. The molecule has 1 unspecified atom stereocenters. The van der Waals surface area contributed by atoms with E-state index in [1.165, 1.54) is 0 Å². The Labute approximate surface area is 120 Å². The summed E-state index contributed by atoms with van der Waals surface area (Å²) in [5, 5.41) is 9.39. The molecule has 2 rings (SSSR count). The van der Waals surface area contributed by atoms with Gasteiger partial charge in [0.2, 0.25) is 10.0 Å². The van der Waals surface area contributed by atoms with Gasteiger partial charge in [-0.05, 0) is 32.1 Å². The molecule has 1 aliphatic rings. The van der Waals surface area contributed by atoms with E-state index in [0.29, 0.717) is 17.1 Å². The fraction of sp³-hybridized carbons (Fsp3) is 0.714. The van der Waals surface area contributed by atoms with Crippen LogP contribution in [0.2, 0.25) is 0 Å². The van der Waals surface area contributed by atoms with Crippen molar-refractivity contribution in [3.05, 3.63) is 17.1 Å². The molecule has 6 heteroatoms. The predicted octanol–water partition coefficient (Wildman–Crippen LogP) is 2.25. The van der Waals surface area contributed by atoms with E-state index in [1.54, 1.807) is 13.8 Å². The summed E-state index contributed by atoms with van der Waals surface area (Å²) < 4.78 is 33.4. The number of aryl methyl sites for hydroxylation is 2. The number of aliphatic hydroxyl groups is 1. The zero-order valence-corrected chi connectivity index (χ0v) is 13.3. The van der Waals surface area contributed by atoms with E-state index in [2.05, 4.69) is 18.6 Å². The molecule has 114 valence electrons. The van der Waals surface area contributed by atoms with Crippen molar-refractivity contribution in [2.75, 3.05) is 0 Å². The fourth-order valence-corrected chi connectivity index (χ4v) is 4.92. The molecule has 1 aliphatic carbocycles. The number of aliphatic hydroxyl groups excluding tert-OH is 1. The quantitative estimate of drug-likeness (QED) is 0.894. The van der Waals surface area contributed by atoms with Crippen molar-refractivity contribution in [3.8, 4) is 0 Å². The number of rotatable bonds is 4. The third-order valence-corrected chi connectivity index (χ3v) is 5.97. The Kier molecular flexibility index (Phi) is 4.01. The summed E-state index contributed by atoms with van der Waals surface area (Å²) in [4.78, 5) is 0.0974. The molecule has 1 aromatic rings. The minimum atomic E-state index is -3.67. The van der Waals surface area contributed by atoms with Crippen molar-refractivity contribution < 1.29 is 17.9 Å². The molecule has 0 aromatic carbocycles. The van der Waals surface area contributed by atoms with Crippen LogP contribution >= 0.6 is 0 Å². The van der Waals surface area contributed by atoms with E-state index in [0.717, 1.165) is 19.3 Å². The number of sulfonamides is 1. The van der Waals surface area contributed by atoms with Crippen LogP contribution in [0.25, 0.3) is 0 Å². The van der Waals surface area contributed by atoms with Gasteiger partial charge >= 0.3 is 0 Å². The van der Waals surface area contributed by atoms with E-state index in [1.807, 2.05) is 0 Å². The van der Waals surface area contributed by atoms with Crippen LogP contribution < -0.4 is 4.72 Å². The fourth-order valence-electron chi connectivity index (χ4n) is 3.04. The number of hydrogen-bond donors (Lipinski definition) is 2. The topological polar surface area (TPSA) is 79.5 Å². The van der Waals surface area contributed by atoms with E-state index < -0.39 is 10.0 Å². The first-order chi connectivity index (χ1) is 9.19. The molecule has 1 atom stereocenters. The zero-order chi connectivity index (χ0) is 15.1. The van der Waals surface area contributed by atoms with Crippen LogP contribution in [0, 0.1) is 19.3 Å². The molecule has 20 heavy (non-hydrogen) atoms. The lowest BCUT2D eigenvalue weighted by Gasteiger charge is -2.27. The van der Waals surface area contributed by atoms with Gasteiger partial charge in [-0.25, -0.2) is 13.1 Å². The first kappa shape index (κ1) is 15.5. The summed E-state index contributed by atoms with van der Waals surface area (Å²) in [6, 6.07) is -0.0753. The summed E-state index contributed by atoms with van der Waals surface area (Å²) >= 11 is 0. The minimum Gasteiger partial charge on any atom is -0.465 e. The van der Waals surface area contributed by atoms with Gasteiger partial charge < -0.3 is 9.52 Å². The third-order valence-electron chi connectivity index (χ3n) is 4.31. The second-order valence-corrected chi connectivity index (χ2v) is 7.89. The Balaban J connectivity index is 2.37. The van der Waals surface area contributed by atoms with Crippen LogP contribution in [0.1, 0.15) is 50.2 Å². The first-order valence-corrected chi connectivity index (χ1v) is 8.39. The SMILES string of the molecule is Cc1oc(C)c(S(=O)(=O)NC2CCCC2(C)C)c1CO. The van der Waals surface area contributed by atoms with Gasteiger partial charge in [0, 0.05) is 11.6 Å². The average Bonchev–Trinajstić information content (AvgIpc) is 2.78. The van der Waals surface area contributed by atoms with Gasteiger partial charge in [-0.1, -0.05) is 20.3 Å².